The van der Waals surface area contributed by atoms with E-state index in [-0.39, 0.29) is 11.7 Å². The predicted molar refractivity (Wildman–Crippen MR) is 84.8 cm³/mol. The van der Waals surface area contributed by atoms with Crippen LogP contribution in [0.5, 0.6) is 5.75 Å². The lowest BCUT2D eigenvalue weighted by Gasteiger charge is -2.09. The van der Waals surface area contributed by atoms with Gasteiger partial charge in [-0.25, -0.2) is 9.78 Å². The van der Waals surface area contributed by atoms with Gasteiger partial charge in [-0.2, -0.15) is 0 Å². The molecule has 0 atom stereocenters. The Morgan fingerprint density at radius 1 is 1.14 bits per heavy atom. The number of phenols is 1. The van der Waals surface area contributed by atoms with Crippen molar-refractivity contribution in [2.24, 2.45) is 0 Å². The van der Waals surface area contributed by atoms with Crippen molar-refractivity contribution in [3.8, 4) is 17.0 Å². The highest BCUT2D eigenvalue weighted by Gasteiger charge is 2.14. The van der Waals surface area contributed by atoms with Crippen LogP contribution in [0.4, 0.5) is 0 Å². The molecule has 0 fully saturated rings. The average molecular weight is 293 g/mol. The summed E-state index contributed by atoms with van der Waals surface area (Å²) in [5, 5.41) is 10.2. The van der Waals surface area contributed by atoms with Crippen molar-refractivity contribution in [1.82, 2.24) is 4.98 Å². The largest absolute Gasteiger partial charge is 0.508 e. The minimum absolute atomic E-state index is 0.190. The van der Waals surface area contributed by atoms with Crippen molar-refractivity contribution >= 4 is 16.9 Å². The molecule has 0 spiro atoms. The summed E-state index contributed by atoms with van der Waals surface area (Å²) in [6, 6.07) is 15.9. The van der Waals surface area contributed by atoms with Crippen molar-refractivity contribution in [3.63, 3.8) is 0 Å². The number of phenolic OH excluding ortho intramolecular Hbond substituents is 1. The third kappa shape index (κ3) is 2.63. The molecule has 0 aliphatic carbocycles. The van der Waals surface area contributed by atoms with E-state index in [2.05, 4.69) is 4.98 Å². The van der Waals surface area contributed by atoms with Gasteiger partial charge in [0.1, 0.15) is 5.75 Å². The summed E-state index contributed by atoms with van der Waals surface area (Å²) in [7, 11) is 0. The number of hydrogen-bond donors (Lipinski definition) is 1. The Morgan fingerprint density at radius 2 is 1.86 bits per heavy atom. The summed E-state index contributed by atoms with van der Waals surface area (Å²) < 4.78 is 5.14. The standard InChI is InChI=1S/C18H15NO3/c1-2-22-18(21)15-11-17(12-7-9-13(20)10-8-12)19-16-6-4-3-5-14(15)16/h3-11,20H,2H2,1H3. The van der Waals surface area contributed by atoms with Crippen molar-refractivity contribution < 1.29 is 14.6 Å². The smallest absolute Gasteiger partial charge is 0.338 e. The molecule has 0 unspecified atom stereocenters. The lowest BCUT2D eigenvalue weighted by molar-refractivity contribution is 0.0528. The fraction of sp³-hybridized carbons (Fsp3) is 0.111. The van der Waals surface area contributed by atoms with Crippen LogP contribution < -0.4 is 0 Å². The first-order valence-corrected chi connectivity index (χ1v) is 7.05. The maximum absolute atomic E-state index is 12.2. The van der Waals surface area contributed by atoms with E-state index < -0.39 is 0 Å². The number of para-hydroxylation sites is 1. The molecule has 0 amide bonds. The molecule has 22 heavy (non-hydrogen) atoms. The van der Waals surface area contributed by atoms with Crippen molar-refractivity contribution in [3.05, 3.63) is 60.2 Å². The zero-order valence-electron chi connectivity index (χ0n) is 12.1. The zero-order chi connectivity index (χ0) is 15.5. The normalized spacial score (nSPS) is 10.6. The van der Waals surface area contributed by atoms with Crippen LogP contribution in [0.15, 0.2) is 54.6 Å². The molecule has 1 aromatic heterocycles. The molecular formula is C18H15NO3. The van der Waals surface area contributed by atoms with E-state index in [1.54, 1.807) is 37.3 Å². The van der Waals surface area contributed by atoms with Crippen LogP contribution in [0.25, 0.3) is 22.2 Å². The van der Waals surface area contributed by atoms with Gasteiger partial charge < -0.3 is 9.84 Å². The van der Waals surface area contributed by atoms with E-state index in [1.807, 2.05) is 24.3 Å². The van der Waals surface area contributed by atoms with Gasteiger partial charge in [0.2, 0.25) is 0 Å². The molecule has 1 heterocycles. The number of aromatic hydroxyl groups is 1. The first kappa shape index (κ1) is 14.1. The minimum Gasteiger partial charge on any atom is -0.508 e. The Labute approximate surface area is 128 Å². The zero-order valence-corrected chi connectivity index (χ0v) is 12.1. The molecule has 3 rings (SSSR count). The predicted octanol–water partition coefficient (Wildman–Crippen LogP) is 3.78. The molecule has 110 valence electrons. The number of rotatable bonds is 3. The Bertz CT molecular complexity index is 825. The van der Waals surface area contributed by atoms with Gasteiger partial charge in [-0.3, -0.25) is 0 Å². The van der Waals surface area contributed by atoms with Crippen LogP contribution >= 0.6 is 0 Å². The Morgan fingerprint density at radius 3 is 2.59 bits per heavy atom. The maximum Gasteiger partial charge on any atom is 0.338 e. The van der Waals surface area contributed by atoms with E-state index >= 15 is 0 Å². The average Bonchev–Trinajstić information content (AvgIpc) is 2.54. The van der Waals surface area contributed by atoms with Gasteiger partial charge in [0.15, 0.2) is 0 Å². The Hall–Kier alpha value is -2.88. The first-order chi connectivity index (χ1) is 10.7. The molecule has 0 aliphatic heterocycles. The van der Waals surface area contributed by atoms with Gasteiger partial charge in [-0.15, -0.1) is 0 Å². The molecule has 1 N–H and O–H groups in total. The fourth-order valence-electron chi connectivity index (χ4n) is 2.33. The summed E-state index contributed by atoms with van der Waals surface area (Å²) >= 11 is 0. The third-order valence-electron chi connectivity index (χ3n) is 3.37. The van der Waals surface area contributed by atoms with Crippen LogP contribution in [0.3, 0.4) is 0 Å². The molecule has 3 aromatic rings. The SMILES string of the molecule is CCOC(=O)c1cc(-c2ccc(O)cc2)nc2ccccc12. The van der Waals surface area contributed by atoms with Gasteiger partial charge in [-0.05, 0) is 43.3 Å². The van der Waals surface area contributed by atoms with Gasteiger partial charge in [0, 0.05) is 10.9 Å². The van der Waals surface area contributed by atoms with Gasteiger partial charge in [-0.1, -0.05) is 18.2 Å². The van der Waals surface area contributed by atoms with Crippen LogP contribution in [-0.4, -0.2) is 22.7 Å². The van der Waals surface area contributed by atoms with Crippen LogP contribution in [-0.2, 0) is 4.74 Å². The molecule has 4 nitrogen and oxygen atoms in total. The molecule has 0 saturated heterocycles. The number of carbonyl (C=O) groups is 1. The first-order valence-electron chi connectivity index (χ1n) is 7.05. The maximum atomic E-state index is 12.2. The van der Waals surface area contributed by atoms with Crippen LogP contribution in [0.2, 0.25) is 0 Å². The summed E-state index contributed by atoms with van der Waals surface area (Å²) in [6.45, 7) is 2.10. The lowest BCUT2D eigenvalue weighted by Crippen LogP contribution is -2.06. The second kappa shape index (κ2) is 5.85. The van der Waals surface area contributed by atoms with Gasteiger partial charge in [0.25, 0.3) is 0 Å². The summed E-state index contributed by atoms with van der Waals surface area (Å²) in [6.07, 6.45) is 0. The summed E-state index contributed by atoms with van der Waals surface area (Å²) in [4.78, 5) is 16.8. The third-order valence-corrected chi connectivity index (χ3v) is 3.37. The Balaban J connectivity index is 2.20. The number of esters is 1. The Kier molecular flexibility index (Phi) is 3.74. The molecule has 0 radical (unpaired) electrons. The van der Waals surface area contributed by atoms with Gasteiger partial charge >= 0.3 is 5.97 Å². The van der Waals surface area contributed by atoms with E-state index in [0.717, 1.165) is 16.5 Å². The molecule has 0 bridgehead atoms. The van der Waals surface area contributed by atoms with Crippen LogP contribution in [0, 0.1) is 0 Å². The lowest BCUT2D eigenvalue weighted by atomic mass is 10.0. The number of fused-ring (bicyclic) bond motifs is 1. The number of benzene rings is 2. The summed E-state index contributed by atoms with van der Waals surface area (Å²) in [5.74, 6) is -0.170. The highest BCUT2D eigenvalue weighted by Crippen LogP contribution is 2.26. The fourth-order valence-corrected chi connectivity index (χ4v) is 2.33. The monoisotopic (exact) mass is 293 g/mol. The quantitative estimate of drug-likeness (QED) is 0.746. The second-order valence-corrected chi connectivity index (χ2v) is 4.84. The highest BCUT2D eigenvalue weighted by atomic mass is 16.5. The number of aromatic nitrogens is 1. The van der Waals surface area contributed by atoms with E-state index in [9.17, 15) is 9.90 Å². The van der Waals surface area contributed by atoms with E-state index in [0.29, 0.717) is 17.9 Å². The number of pyridine rings is 1. The van der Waals surface area contributed by atoms with Crippen molar-refractivity contribution in [1.29, 1.82) is 0 Å². The van der Waals surface area contributed by atoms with Crippen molar-refractivity contribution in [2.75, 3.05) is 6.61 Å². The summed E-state index contributed by atoms with van der Waals surface area (Å²) in [5.41, 5.74) is 2.72. The molecule has 2 aromatic carbocycles. The van der Waals surface area contributed by atoms with Crippen LogP contribution in [0.1, 0.15) is 17.3 Å². The van der Waals surface area contributed by atoms with E-state index in [4.69, 9.17) is 4.74 Å². The number of carbonyl (C=O) groups excluding carboxylic acids is 1. The highest BCUT2D eigenvalue weighted by molar-refractivity contribution is 6.04. The number of ether oxygens (including phenoxy) is 1. The number of nitrogens with zero attached hydrogens (tertiary/aromatic N) is 1. The number of hydrogen-bond acceptors (Lipinski definition) is 4. The minimum atomic E-state index is -0.360. The van der Waals surface area contributed by atoms with E-state index in [1.165, 1.54) is 0 Å². The molecular weight excluding hydrogens is 278 g/mol. The van der Waals surface area contributed by atoms with Crippen molar-refractivity contribution in [2.45, 2.75) is 6.92 Å². The molecule has 0 saturated carbocycles. The molecule has 4 heteroatoms. The molecule has 0 aliphatic rings. The van der Waals surface area contributed by atoms with Gasteiger partial charge in [0.05, 0.1) is 23.4 Å². The second-order valence-electron chi connectivity index (χ2n) is 4.84. The topological polar surface area (TPSA) is 59.4 Å².